The maximum absolute atomic E-state index is 13.9. The second kappa shape index (κ2) is 9.25. The Bertz CT molecular complexity index is 1570. The highest BCUT2D eigenvalue weighted by Crippen LogP contribution is 2.53. The number of imide groups is 1. The maximum Gasteiger partial charge on any atom is 0.289 e. The summed E-state index contributed by atoms with van der Waals surface area (Å²) in [6.07, 6.45) is 3.58. The van der Waals surface area contributed by atoms with Gasteiger partial charge in [0.15, 0.2) is 0 Å². The third-order valence-electron chi connectivity index (χ3n) is 7.47. The molecule has 0 bridgehead atoms. The number of nitro benzene ring substituents is 1. The molecule has 39 heavy (non-hydrogen) atoms. The van der Waals surface area contributed by atoms with E-state index in [0.29, 0.717) is 11.4 Å². The van der Waals surface area contributed by atoms with Gasteiger partial charge in [-0.3, -0.25) is 24.5 Å². The summed E-state index contributed by atoms with van der Waals surface area (Å²) < 4.78 is 5.20. The lowest BCUT2D eigenvalue weighted by Gasteiger charge is -2.35. The predicted molar refractivity (Wildman–Crippen MR) is 143 cm³/mol. The highest BCUT2D eigenvalue weighted by atomic mass is 35.5. The van der Waals surface area contributed by atoms with Crippen LogP contribution in [0, 0.1) is 22.0 Å². The predicted octanol–water partition coefficient (Wildman–Crippen LogP) is 4.41. The minimum absolute atomic E-state index is 0.0683. The van der Waals surface area contributed by atoms with Crippen molar-refractivity contribution in [3.05, 3.63) is 99.2 Å². The first kappa shape index (κ1) is 24.6. The molecule has 3 amide bonds. The van der Waals surface area contributed by atoms with Gasteiger partial charge in [-0.25, -0.2) is 4.90 Å². The van der Waals surface area contributed by atoms with Crippen molar-refractivity contribution >= 4 is 52.5 Å². The van der Waals surface area contributed by atoms with Gasteiger partial charge in [0.2, 0.25) is 17.7 Å². The molecule has 11 heteroatoms. The molecule has 0 aliphatic carbocycles. The van der Waals surface area contributed by atoms with Crippen molar-refractivity contribution in [3.63, 3.8) is 0 Å². The lowest BCUT2D eigenvalue weighted by atomic mass is 9.84. The molecule has 3 aliphatic rings. The molecular formula is C28H21ClN4O6. The number of methoxy groups -OCH3 is 1. The summed E-state index contributed by atoms with van der Waals surface area (Å²) in [6.45, 7) is 0. The Hall–Kier alpha value is -4.70. The van der Waals surface area contributed by atoms with Crippen LogP contribution in [0.3, 0.4) is 0 Å². The Morgan fingerprint density at radius 1 is 1.03 bits per heavy atom. The Labute approximate surface area is 227 Å². The molecule has 4 atom stereocenters. The van der Waals surface area contributed by atoms with E-state index in [1.807, 2.05) is 30.3 Å². The van der Waals surface area contributed by atoms with Gasteiger partial charge >= 0.3 is 0 Å². The third-order valence-corrected chi connectivity index (χ3v) is 7.79. The van der Waals surface area contributed by atoms with Crippen LogP contribution in [-0.2, 0) is 14.4 Å². The van der Waals surface area contributed by atoms with Crippen LogP contribution in [0.15, 0.2) is 72.9 Å². The van der Waals surface area contributed by atoms with Gasteiger partial charge in [-0.05, 0) is 53.6 Å². The van der Waals surface area contributed by atoms with Crippen LogP contribution < -0.4 is 15.0 Å². The highest BCUT2D eigenvalue weighted by molar-refractivity contribution is 6.32. The summed E-state index contributed by atoms with van der Waals surface area (Å²) in [6, 6.07) is 16.5. The Balaban J connectivity index is 1.41. The van der Waals surface area contributed by atoms with Crippen molar-refractivity contribution in [1.29, 1.82) is 0 Å². The van der Waals surface area contributed by atoms with E-state index < -0.39 is 46.6 Å². The Morgan fingerprint density at radius 3 is 2.46 bits per heavy atom. The standard InChI is InChI=1S/C28H21ClN4O6/c1-39-18-9-7-17(8-10-18)32-27(35)22-23(28(32)36)25(31-13-12-15-4-2-3-5-19(15)24(22)31)26(34)30-16-6-11-20(29)21(14-16)33(37)38/h2-14,22-25H,1H3,(H,30,34)/t22-,23+,24?,25-/m1/s1. The fourth-order valence-corrected chi connectivity index (χ4v) is 5.98. The normalized spacial score (nSPS) is 22.8. The van der Waals surface area contributed by atoms with Crippen LogP contribution in [-0.4, -0.2) is 40.7 Å². The van der Waals surface area contributed by atoms with Crippen LogP contribution in [0.5, 0.6) is 5.75 Å². The number of anilines is 2. The third kappa shape index (κ3) is 3.83. The number of fused-ring (bicyclic) bond motifs is 5. The lowest BCUT2D eigenvalue weighted by molar-refractivity contribution is -0.384. The molecule has 0 saturated carbocycles. The fraction of sp³-hybridized carbons (Fsp3) is 0.179. The number of amides is 3. The minimum Gasteiger partial charge on any atom is -0.497 e. The lowest BCUT2D eigenvalue weighted by Crippen LogP contribution is -2.46. The second-order valence-corrected chi connectivity index (χ2v) is 9.86. The molecule has 3 aliphatic heterocycles. The van der Waals surface area contributed by atoms with E-state index in [9.17, 15) is 24.5 Å². The average Bonchev–Trinajstić information content (AvgIpc) is 3.42. The van der Waals surface area contributed by atoms with E-state index in [0.717, 1.165) is 22.1 Å². The van der Waals surface area contributed by atoms with Crippen LogP contribution in [0.4, 0.5) is 17.1 Å². The first-order valence-electron chi connectivity index (χ1n) is 12.1. The highest BCUT2D eigenvalue weighted by Gasteiger charge is 2.64. The van der Waals surface area contributed by atoms with Crippen LogP contribution in [0.25, 0.3) is 6.08 Å². The zero-order valence-corrected chi connectivity index (χ0v) is 21.2. The molecular weight excluding hydrogens is 524 g/mol. The van der Waals surface area contributed by atoms with Gasteiger partial charge in [0, 0.05) is 18.0 Å². The van der Waals surface area contributed by atoms with Crippen molar-refractivity contribution in [2.24, 2.45) is 11.8 Å². The summed E-state index contributed by atoms with van der Waals surface area (Å²) in [5.74, 6) is -2.68. The molecule has 10 nitrogen and oxygen atoms in total. The van der Waals surface area contributed by atoms with Gasteiger partial charge in [0.25, 0.3) is 5.69 Å². The van der Waals surface area contributed by atoms with Gasteiger partial charge in [0.1, 0.15) is 16.8 Å². The first-order chi connectivity index (χ1) is 18.8. The summed E-state index contributed by atoms with van der Waals surface area (Å²) >= 11 is 5.93. The summed E-state index contributed by atoms with van der Waals surface area (Å²) in [4.78, 5) is 55.2. The maximum atomic E-state index is 13.9. The molecule has 3 heterocycles. The zero-order chi connectivity index (χ0) is 27.4. The van der Waals surface area contributed by atoms with Gasteiger partial charge in [-0.2, -0.15) is 0 Å². The van der Waals surface area contributed by atoms with Gasteiger partial charge in [-0.1, -0.05) is 35.9 Å². The number of nitrogens with one attached hydrogen (secondary N) is 1. The molecule has 2 fully saturated rings. The average molecular weight is 545 g/mol. The monoisotopic (exact) mass is 544 g/mol. The van der Waals surface area contributed by atoms with Crippen molar-refractivity contribution in [2.45, 2.75) is 12.1 Å². The first-order valence-corrected chi connectivity index (χ1v) is 12.5. The van der Waals surface area contributed by atoms with Crippen molar-refractivity contribution in [1.82, 2.24) is 4.90 Å². The van der Waals surface area contributed by atoms with Crippen molar-refractivity contribution in [3.8, 4) is 5.75 Å². The topological polar surface area (TPSA) is 122 Å². The number of benzene rings is 3. The van der Waals surface area contributed by atoms with Crippen molar-refractivity contribution in [2.75, 3.05) is 17.3 Å². The van der Waals surface area contributed by atoms with Crippen LogP contribution in [0.1, 0.15) is 17.2 Å². The van der Waals surface area contributed by atoms with Crippen LogP contribution >= 0.6 is 11.6 Å². The molecule has 0 spiro atoms. The molecule has 1 unspecified atom stereocenters. The van der Waals surface area contributed by atoms with E-state index in [-0.39, 0.29) is 16.4 Å². The number of nitro groups is 1. The number of rotatable bonds is 5. The van der Waals surface area contributed by atoms with E-state index >= 15 is 0 Å². The second-order valence-electron chi connectivity index (χ2n) is 9.46. The molecule has 0 radical (unpaired) electrons. The smallest absolute Gasteiger partial charge is 0.289 e. The number of hydrogen-bond acceptors (Lipinski definition) is 7. The van der Waals surface area contributed by atoms with Gasteiger partial charge in [-0.15, -0.1) is 0 Å². The number of nitrogens with zero attached hydrogens (tertiary/aromatic N) is 3. The fourth-order valence-electron chi connectivity index (χ4n) is 5.79. The molecule has 2 saturated heterocycles. The molecule has 6 rings (SSSR count). The summed E-state index contributed by atoms with van der Waals surface area (Å²) in [7, 11) is 1.52. The SMILES string of the molecule is COc1ccc(N2C(=O)[C@H]3[C@@H](C2=O)C2c4ccccc4C=CN2[C@H]3C(=O)Nc2ccc(Cl)c([N+](=O)[O-])c2)cc1. The molecule has 3 aromatic rings. The number of halogens is 1. The summed E-state index contributed by atoms with van der Waals surface area (Å²) in [5, 5.41) is 14.0. The number of ether oxygens (including phenoxy) is 1. The van der Waals surface area contributed by atoms with Crippen LogP contribution in [0.2, 0.25) is 5.02 Å². The molecule has 0 aromatic heterocycles. The van der Waals surface area contributed by atoms with Gasteiger partial charge < -0.3 is 15.0 Å². The van der Waals surface area contributed by atoms with E-state index in [1.54, 1.807) is 35.4 Å². The zero-order valence-electron chi connectivity index (χ0n) is 20.5. The van der Waals surface area contributed by atoms with Crippen molar-refractivity contribution < 1.29 is 24.0 Å². The van der Waals surface area contributed by atoms with E-state index in [4.69, 9.17) is 16.3 Å². The quantitative estimate of drug-likeness (QED) is 0.287. The Kier molecular flexibility index (Phi) is 5.84. The molecule has 1 N–H and O–H groups in total. The minimum atomic E-state index is -1.04. The van der Waals surface area contributed by atoms with Gasteiger partial charge in [0.05, 0.1) is 35.6 Å². The molecule has 3 aromatic carbocycles. The number of carbonyl (C=O) groups is 3. The summed E-state index contributed by atoms with van der Waals surface area (Å²) in [5.41, 5.74) is 1.92. The Morgan fingerprint density at radius 2 is 1.74 bits per heavy atom. The largest absolute Gasteiger partial charge is 0.497 e. The number of hydrogen-bond donors (Lipinski definition) is 1. The number of carbonyl (C=O) groups excluding carboxylic acids is 3. The molecule has 196 valence electrons. The van der Waals surface area contributed by atoms with E-state index in [1.165, 1.54) is 19.2 Å². The van der Waals surface area contributed by atoms with E-state index in [2.05, 4.69) is 5.32 Å².